The maximum atomic E-state index is 12.0. The zero-order valence-corrected chi connectivity index (χ0v) is 13.6. The third kappa shape index (κ3) is 5.37. The predicted molar refractivity (Wildman–Crippen MR) is 93.1 cm³/mol. The van der Waals surface area contributed by atoms with Crippen molar-refractivity contribution in [3.63, 3.8) is 0 Å². The van der Waals surface area contributed by atoms with Gasteiger partial charge in [0.05, 0.1) is 0 Å². The zero-order chi connectivity index (χ0) is 17.4. The van der Waals surface area contributed by atoms with Gasteiger partial charge in [-0.25, -0.2) is 0 Å². The van der Waals surface area contributed by atoms with Crippen molar-refractivity contribution >= 4 is 23.5 Å². The molecule has 0 heterocycles. The van der Waals surface area contributed by atoms with Gasteiger partial charge in [0.2, 0.25) is 5.91 Å². The second kappa shape index (κ2) is 8.64. The van der Waals surface area contributed by atoms with E-state index >= 15 is 0 Å². The van der Waals surface area contributed by atoms with Crippen molar-refractivity contribution in [3.8, 4) is 5.75 Å². The normalized spacial score (nSPS) is 10.6. The van der Waals surface area contributed by atoms with Crippen LogP contribution in [0.4, 0.5) is 5.69 Å². The maximum absolute atomic E-state index is 12.0. The number of carbonyl (C=O) groups excluding carboxylic acids is 2. The number of anilines is 1. The molecule has 0 aromatic heterocycles. The standard InChI is InChI=1S/C19H19NO4/c1-14(21)16-4-3-5-17(12-16)20-19(22)11-8-15-6-9-18(10-7-15)24-13-23-2/h3-12H,13H2,1-2H3,(H,20,22)/b11-8+. The summed E-state index contributed by atoms with van der Waals surface area (Å²) in [4.78, 5) is 23.3. The molecule has 2 aromatic carbocycles. The van der Waals surface area contributed by atoms with Crippen molar-refractivity contribution in [1.29, 1.82) is 0 Å². The SMILES string of the molecule is COCOc1ccc(/C=C/C(=O)Nc2cccc(C(C)=O)c2)cc1. The maximum Gasteiger partial charge on any atom is 0.248 e. The Labute approximate surface area is 140 Å². The molecule has 124 valence electrons. The molecular weight excluding hydrogens is 306 g/mol. The number of ether oxygens (including phenoxy) is 2. The summed E-state index contributed by atoms with van der Waals surface area (Å²) in [5.74, 6) is 0.382. The Hall–Kier alpha value is -2.92. The van der Waals surface area contributed by atoms with Crippen molar-refractivity contribution < 1.29 is 19.1 Å². The van der Waals surface area contributed by atoms with Crippen LogP contribution in [0.15, 0.2) is 54.6 Å². The average molecular weight is 325 g/mol. The third-order valence-electron chi connectivity index (χ3n) is 3.19. The first-order chi connectivity index (χ1) is 11.6. The van der Waals surface area contributed by atoms with Gasteiger partial charge in [0.15, 0.2) is 12.6 Å². The Bertz CT molecular complexity index is 735. The summed E-state index contributed by atoms with van der Waals surface area (Å²) < 4.78 is 10.1. The minimum atomic E-state index is -0.268. The van der Waals surface area contributed by atoms with E-state index in [0.29, 0.717) is 17.0 Å². The lowest BCUT2D eigenvalue weighted by molar-refractivity contribution is -0.111. The van der Waals surface area contributed by atoms with Gasteiger partial charge in [-0.2, -0.15) is 0 Å². The Morgan fingerprint density at radius 3 is 2.54 bits per heavy atom. The van der Waals surface area contributed by atoms with Crippen LogP contribution in [-0.4, -0.2) is 25.6 Å². The van der Waals surface area contributed by atoms with Crippen LogP contribution in [0.5, 0.6) is 5.75 Å². The lowest BCUT2D eigenvalue weighted by Gasteiger charge is -2.05. The van der Waals surface area contributed by atoms with Crippen LogP contribution in [0, 0.1) is 0 Å². The highest BCUT2D eigenvalue weighted by molar-refractivity contribution is 6.03. The Morgan fingerprint density at radius 2 is 1.88 bits per heavy atom. The second-order valence-corrected chi connectivity index (χ2v) is 5.08. The molecule has 0 aliphatic rings. The number of nitrogens with one attached hydrogen (secondary N) is 1. The quantitative estimate of drug-likeness (QED) is 0.480. The fourth-order valence-electron chi connectivity index (χ4n) is 1.97. The summed E-state index contributed by atoms with van der Waals surface area (Å²) in [6.45, 7) is 1.68. The largest absolute Gasteiger partial charge is 0.468 e. The molecule has 0 atom stereocenters. The number of ketones is 1. The summed E-state index contributed by atoms with van der Waals surface area (Å²) in [5.41, 5.74) is 2.01. The van der Waals surface area contributed by atoms with Gasteiger partial charge < -0.3 is 14.8 Å². The van der Waals surface area contributed by atoms with Crippen molar-refractivity contribution in [1.82, 2.24) is 0 Å². The van der Waals surface area contributed by atoms with E-state index in [1.165, 1.54) is 13.0 Å². The van der Waals surface area contributed by atoms with E-state index in [-0.39, 0.29) is 18.5 Å². The Kier molecular flexibility index (Phi) is 6.28. The van der Waals surface area contributed by atoms with Gasteiger partial charge in [0, 0.05) is 24.4 Å². The van der Waals surface area contributed by atoms with E-state index in [2.05, 4.69) is 5.32 Å². The molecule has 0 bridgehead atoms. The highest BCUT2D eigenvalue weighted by Crippen LogP contribution is 2.14. The van der Waals surface area contributed by atoms with E-state index in [4.69, 9.17) is 9.47 Å². The van der Waals surface area contributed by atoms with Crippen LogP contribution in [0.3, 0.4) is 0 Å². The van der Waals surface area contributed by atoms with E-state index < -0.39 is 0 Å². The van der Waals surface area contributed by atoms with Crippen LogP contribution >= 0.6 is 0 Å². The first kappa shape index (κ1) is 17.4. The summed E-state index contributed by atoms with van der Waals surface area (Å²) in [7, 11) is 1.56. The molecule has 0 aliphatic carbocycles. The molecule has 24 heavy (non-hydrogen) atoms. The predicted octanol–water partition coefficient (Wildman–Crippen LogP) is 3.52. The number of hydrogen-bond donors (Lipinski definition) is 1. The molecule has 0 saturated heterocycles. The monoisotopic (exact) mass is 325 g/mol. The summed E-state index contributed by atoms with van der Waals surface area (Å²) in [6.07, 6.45) is 3.13. The third-order valence-corrected chi connectivity index (χ3v) is 3.19. The molecule has 5 nitrogen and oxygen atoms in total. The minimum Gasteiger partial charge on any atom is -0.468 e. The van der Waals surface area contributed by atoms with E-state index in [1.807, 2.05) is 12.1 Å². The minimum absolute atomic E-state index is 0.0441. The number of Topliss-reactive ketones (excluding diaryl/α,β-unsaturated/α-hetero) is 1. The fraction of sp³-hybridized carbons (Fsp3) is 0.158. The molecule has 0 radical (unpaired) electrons. The van der Waals surface area contributed by atoms with Crippen LogP contribution in [0.2, 0.25) is 0 Å². The highest BCUT2D eigenvalue weighted by atomic mass is 16.7. The molecule has 0 fully saturated rings. The molecule has 1 amide bonds. The summed E-state index contributed by atoms with van der Waals surface area (Å²) >= 11 is 0. The second-order valence-electron chi connectivity index (χ2n) is 5.08. The number of benzene rings is 2. The molecule has 5 heteroatoms. The fourth-order valence-corrected chi connectivity index (χ4v) is 1.97. The van der Waals surface area contributed by atoms with Gasteiger partial charge in [0.1, 0.15) is 5.75 Å². The van der Waals surface area contributed by atoms with Crippen molar-refractivity contribution in [2.24, 2.45) is 0 Å². The van der Waals surface area contributed by atoms with Crippen molar-refractivity contribution in [2.75, 3.05) is 19.2 Å². The van der Waals surface area contributed by atoms with Gasteiger partial charge in [-0.1, -0.05) is 24.3 Å². The number of rotatable bonds is 7. The number of hydrogen-bond acceptors (Lipinski definition) is 4. The molecule has 2 aromatic rings. The van der Waals surface area contributed by atoms with Crippen molar-refractivity contribution in [3.05, 3.63) is 65.7 Å². The number of amides is 1. The Morgan fingerprint density at radius 1 is 1.12 bits per heavy atom. The van der Waals surface area contributed by atoms with E-state index in [9.17, 15) is 9.59 Å². The van der Waals surface area contributed by atoms with Gasteiger partial charge in [-0.3, -0.25) is 9.59 Å². The molecule has 0 aliphatic heterocycles. The van der Waals surface area contributed by atoms with E-state index in [0.717, 1.165) is 5.56 Å². The zero-order valence-electron chi connectivity index (χ0n) is 13.6. The molecule has 0 saturated carbocycles. The number of methoxy groups -OCH3 is 1. The smallest absolute Gasteiger partial charge is 0.248 e. The van der Waals surface area contributed by atoms with Gasteiger partial charge in [0.25, 0.3) is 0 Å². The average Bonchev–Trinajstić information content (AvgIpc) is 2.59. The summed E-state index contributed by atoms with van der Waals surface area (Å²) in [6, 6.07) is 14.1. The van der Waals surface area contributed by atoms with Crippen LogP contribution in [0.25, 0.3) is 6.08 Å². The molecule has 0 unspecified atom stereocenters. The summed E-state index contributed by atoms with van der Waals surface area (Å²) in [5, 5.41) is 2.73. The molecule has 2 rings (SSSR count). The highest BCUT2D eigenvalue weighted by Gasteiger charge is 2.02. The van der Waals surface area contributed by atoms with Crippen LogP contribution < -0.4 is 10.1 Å². The Balaban J connectivity index is 1.95. The first-order valence-electron chi connectivity index (χ1n) is 7.40. The molecule has 1 N–H and O–H groups in total. The van der Waals surface area contributed by atoms with Crippen LogP contribution in [0.1, 0.15) is 22.8 Å². The van der Waals surface area contributed by atoms with Crippen LogP contribution in [-0.2, 0) is 9.53 Å². The van der Waals surface area contributed by atoms with Gasteiger partial charge in [-0.15, -0.1) is 0 Å². The topological polar surface area (TPSA) is 64.6 Å². The molecular formula is C19H19NO4. The van der Waals surface area contributed by atoms with Gasteiger partial charge in [-0.05, 0) is 42.8 Å². The van der Waals surface area contributed by atoms with Gasteiger partial charge >= 0.3 is 0 Å². The van der Waals surface area contributed by atoms with Crippen molar-refractivity contribution in [2.45, 2.75) is 6.92 Å². The lowest BCUT2D eigenvalue weighted by atomic mass is 10.1. The number of carbonyl (C=O) groups is 2. The molecule has 0 spiro atoms. The lowest BCUT2D eigenvalue weighted by Crippen LogP contribution is -2.08. The van der Waals surface area contributed by atoms with E-state index in [1.54, 1.807) is 49.6 Å². The first-order valence-corrected chi connectivity index (χ1v) is 7.40.